The molecule has 0 radical (unpaired) electrons. The monoisotopic (exact) mass is 362 g/mol. The SMILES string of the molecule is NNC(Cc1ccc(I)cc1)c1ccoc1Cl. The number of nitrogens with two attached hydrogens (primary N) is 1. The number of halogens is 2. The van der Waals surface area contributed by atoms with E-state index in [-0.39, 0.29) is 6.04 Å². The molecule has 1 aromatic carbocycles. The van der Waals surface area contributed by atoms with E-state index < -0.39 is 0 Å². The standard InChI is InChI=1S/C12H12ClIN2O/c13-12-10(5-6-17-12)11(16-15)7-8-1-3-9(14)4-2-8/h1-6,11,16H,7,15H2. The van der Waals surface area contributed by atoms with Crippen LogP contribution in [0, 0.1) is 3.57 Å². The molecule has 2 rings (SSSR count). The summed E-state index contributed by atoms with van der Waals surface area (Å²) in [6.07, 6.45) is 2.34. The summed E-state index contributed by atoms with van der Waals surface area (Å²) in [7, 11) is 0. The molecule has 90 valence electrons. The Labute approximate surface area is 118 Å². The third kappa shape index (κ3) is 3.22. The van der Waals surface area contributed by atoms with Crippen LogP contribution in [-0.4, -0.2) is 0 Å². The summed E-state index contributed by atoms with van der Waals surface area (Å²) >= 11 is 8.22. The molecular formula is C12H12ClIN2O. The lowest BCUT2D eigenvalue weighted by Gasteiger charge is -2.14. The molecule has 0 aliphatic heterocycles. The minimum atomic E-state index is -0.0405. The van der Waals surface area contributed by atoms with E-state index in [1.165, 1.54) is 9.13 Å². The highest BCUT2D eigenvalue weighted by molar-refractivity contribution is 14.1. The van der Waals surface area contributed by atoms with Gasteiger partial charge in [-0.05, 0) is 64.4 Å². The number of rotatable bonds is 4. The second-order valence-electron chi connectivity index (χ2n) is 3.70. The number of furan rings is 1. The van der Waals surface area contributed by atoms with Crippen molar-refractivity contribution in [3.05, 3.63) is 56.5 Å². The highest BCUT2D eigenvalue weighted by Gasteiger charge is 2.16. The van der Waals surface area contributed by atoms with Crippen LogP contribution in [0.15, 0.2) is 41.0 Å². The zero-order valence-electron chi connectivity index (χ0n) is 8.99. The number of hydrazine groups is 1. The maximum Gasteiger partial charge on any atom is 0.197 e. The fourth-order valence-electron chi connectivity index (χ4n) is 1.67. The van der Waals surface area contributed by atoms with Crippen molar-refractivity contribution in [2.45, 2.75) is 12.5 Å². The van der Waals surface area contributed by atoms with Gasteiger partial charge in [-0.15, -0.1) is 0 Å². The van der Waals surface area contributed by atoms with Crippen LogP contribution in [0.25, 0.3) is 0 Å². The second-order valence-corrected chi connectivity index (χ2v) is 5.29. The Morgan fingerprint density at radius 1 is 1.29 bits per heavy atom. The molecular weight excluding hydrogens is 351 g/mol. The Morgan fingerprint density at radius 3 is 2.53 bits per heavy atom. The molecule has 17 heavy (non-hydrogen) atoms. The van der Waals surface area contributed by atoms with Crippen LogP contribution < -0.4 is 11.3 Å². The van der Waals surface area contributed by atoms with Crippen LogP contribution in [-0.2, 0) is 6.42 Å². The highest BCUT2D eigenvalue weighted by atomic mass is 127. The third-order valence-corrected chi connectivity index (χ3v) is 3.60. The summed E-state index contributed by atoms with van der Waals surface area (Å²) in [5.41, 5.74) is 4.84. The summed E-state index contributed by atoms with van der Waals surface area (Å²) in [5, 5.41) is 0.387. The minimum absolute atomic E-state index is 0.0405. The van der Waals surface area contributed by atoms with Gasteiger partial charge in [0.05, 0.1) is 12.3 Å². The first-order chi connectivity index (χ1) is 8.20. The topological polar surface area (TPSA) is 51.2 Å². The van der Waals surface area contributed by atoms with E-state index in [1.54, 1.807) is 6.26 Å². The molecule has 0 aliphatic rings. The Kier molecular flexibility index (Phi) is 4.44. The Balaban J connectivity index is 2.16. The normalized spacial score (nSPS) is 12.6. The molecule has 1 aromatic heterocycles. The van der Waals surface area contributed by atoms with E-state index in [9.17, 15) is 0 Å². The van der Waals surface area contributed by atoms with E-state index in [4.69, 9.17) is 21.9 Å². The Morgan fingerprint density at radius 2 is 2.00 bits per heavy atom. The summed E-state index contributed by atoms with van der Waals surface area (Å²) in [6.45, 7) is 0. The molecule has 3 nitrogen and oxygen atoms in total. The van der Waals surface area contributed by atoms with Crippen molar-refractivity contribution in [1.82, 2.24) is 5.43 Å². The molecule has 2 aromatic rings. The van der Waals surface area contributed by atoms with Crippen molar-refractivity contribution in [3.63, 3.8) is 0 Å². The molecule has 1 heterocycles. The van der Waals surface area contributed by atoms with E-state index in [0.717, 1.165) is 12.0 Å². The number of nitrogens with one attached hydrogen (secondary N) is 1. The van der Waals surface area contributed by atoms with E-state index in [2.05, 4.69) is 52.3 Å². The van der Waals surface area contributed by atoms with Gasteiger partial charge >= 0.3 is 0 Å². The number of hydrogen-bond acceptors (Lipinski definition) is 3. The van der Waals surface area contributed by atoms with Crippen molar-refractivity contribution in [1.29, 1.82) is 0 Å². The summed E-state index contributed by atoms with van der Waals surface area (Å²) < 4.78 is 6.29. The molecule has 3 N–H and O–H groups in total. The number of hydrogen-bond donors (Lipinski definition) is 2. The van der Waals surface area contributed by atoms with E-state index in [0.29, 0.717) is 5.22 Å². The summed E-state index contributed by atoms with van der Waals surface area (Å²) in [4.78, 5) is 0. The van der Waals surface area contributed by atoms with E-state index >= 15 is 0 Å². The van der Waals surface area contributed by atoms with Crippen LogP contribution in [0.4, 0.5) is 0 Å². The molecule has 5 heteroatoms. The molecule has 0 saturated carbocycles. The molecule has 1 atom stereocenters. The first-order valence-corrected chi connectivity index (χ1v) is 6.60. The van der Waals surface area contributed by atoms with Crippen molar-refractivity contribution in [3.8, 4) is 0 Å². The predicted molar refractivity (Wildman–Crippen MR) is 76.6 cm³/mol. The van der Waals surface area contributed by atoms with Gasteiger partial charge in [-0.2, -0.15) is 0 Å². The zero-order chi connectivity index (χ0) is 12.3. The lowest BCUT2D eigenvalue weighted by Crippen LogP contribution is -2.29. The quantitative estimate of drug-likeness (QED) is 0.498. The van der Waals surface area contributed by atoms with Gasteiger partial charge in [0.2, 0.25) is 0 Å². The lowest BCUT2D eigenvalue weighted by molar-refractivity contribution is 0.527. The second kappa shape index (κ2) is 5.86. The van der Waals surface area contributed by atoms with Crippen LogP contribution in [0.3, 0.4) is 0 Å². The first kappa shape index (κ1) is 12.9. The Bertz CT molecular complexity index is 484. The molecule has 1 unspecified atom stereocenters. The molecule has 0 amide bonds. The first-order valence-electron chi connectivity index (χ1n) is 5.14. The van der Waals surface area contributed by atoms with Gasteiger partial charge in [0.1, 0.15) is 0 Å². The average molecular weight is 363 g/mol. The van der Waals surface area contributed by atoms with Gasteiger partial charge < -0.3 is 4.42 Å². The van der Waals surface area contributed by atoms with Gasteiger partial charge in [-0.3, -0.25) is 11.3 Å². The molecule has 0 saturated heterocycles. The molecule has 0 bridgehead atoms. The molecule has 0 spiro atoms. The van der Waals surface area contributed by atoms with Crippen LogP contribution in [0.1, 0.15) is 17.2 Å². The summed E-state index contributed by atoms with van der Waals surface area (Å²) in [5.74, 6) is 5.56. The van der Waals surface area contributed by atoms with Crippen LogP contribution in [0.2, 0.25) is 5.22 Å². The van der Waals surface area contributed by atoms with Gasteiger partial charge in [0, 0.05) is 9.13 Å². The van der Waals surface area contributed by atoms with E-state index in [1.807, 2.05) is 6.07 Å². The Hall–Kier alpha value is -0.560. The highest BCUT2D eigenvalue weighted by Crippen LogP contribution is 2.26. The van der Waals surface area contributed by atoms with Crippen molar-refractivity contribution in [2.75, 3.05) is 0 Å². The lowest BCUT2D eigenvalue weighted by atomic mass is 10.0. The predicted octanol–water partition coefficient (Wildman–Crippen LogP) is 3.28. The smallest absolute Gasteiger partial charge is 0.197 e. The fourth-order valence-corrected chi connectivity index (χ4v) is 2.27. The van der Waals surface area contributed by atoms with Gasteiger partial charge in [0.25, 0.3) is 0 Å². The molecule has 0 aliphatic carbocycles. The maximum atomic E-state index is 5.94. The average Bonchev–Trinajstić information content (AvgIpc) is 2.75. The molecule has 0 fully saturated rings. The minimum Gasteiger partial charge on any atom is -0.453 e. The van der Waals surface area contributed by atoms with Gasteiger partial charge in [-0.1, -0.05) is 12.1 Å². The van der Waals surface area contributed by atoms with Crippen molar-refractivity contribution < 1.29 is 4.42 Å². The fraction of sp³-hybridized carbons (Fsp3) is 0.167. The third-order valence-electron chi connectivity index (χ3n) is 2.58. The van der Waals surface area contributed by atoms with Crippen LogP contribution in [0.5, 0.6) is 0 Å². The van der Waals surface area contributed by atoms with Gasteiger partial charge in [-0.25, -0.2) is 0 Å². The largest absolute Gasteiger partial charge is 0.453 e. The summed E-state index contributed by atoms with van der Waals surface area (Å²) in [6, 6.07) is 10.1. The van der Waals surface area contributed by atoms with Gasteiger partial charge in [0.15, 0.2) is 5.22 Å². The van der Waals surface area contributed by atoms with Crippen molar-refractivity contribution >= 4 is 34.2 Å². The maximum absolute atomic E-state index is 5.94. The van der Waals surface area contributed by atoms with Crippen LogP contribution >= 0.6 is 34.2 Å². The zero-order valence-corrected chi connectivity index (χ0v) is 11.9. The number of benzene rings is 1. The van der Waals surface area contributed by atoms with Crippen molar-refractivity contribution in [2.24, 2.45) is 5.84 Å².